The van der Waals surface area contributed by atoms with E-state index in [4.69, 9.17) is 11.5 Å². The van der Waals surface area contributed by atoms with Crippen LogP contribution in [0.3, 0.4) is 0 Å². The maximum absolute atomic E-state index is 13.6. The zero-order valence-corrected chi connectivity index (χ0v) is 19.4. The second-order valence-electron chi connectivity index (χ2n) is 9.13. The molecule has 8 nitrogen and oxygen atoms in total. The number of amides is 2. The van der Waals surface area contributed by atoms with Crippen molar-refractivity contribution in [1.29, 1.82) is 0 Å². The first-order valence-corrected chi connectivity index (χ1v) is 11.9. The van der Waals surface area contributed by atoms with Gasteiger partial charge in [0.15, 0.2) is 11.6 Å². The minimum absolute atomic E-state index is 0.0665. The number of nitrogens with zero attached hydrogens (tertiary/aromatic N) is 3. The highest BCUT2D eigenvalue weighted by Gasteiger charge is 2.48. The van der Waals surface area contributed by atoms with Crippen LogP contribution in [0, 0.1) is 5.92 Å². The van der Waals surface area contributed by atoms with Gasteiger partial charge in [0.2, 0.25) is 5.91 Å². The highest BCUT2D eigenvalue weighted by molar-refractivity contribution is 5.93. The third kappa shape index (κ3) is 4.92. The number of benzene rings is 2. The fraction of sp³-hybridized carbons (Fsp3) is 0.423. The van der Waals surface area contributed by atoms with E-state index in [2.05, 4.69) is 4.99 Å². The summed E-state index contributed by atoms with van der Waals surface area (Å²) < 4.78 is 0. The number of primary amides is 1. The van der Waals surface area contributed by atoms with Crippen LogP contribution in [0.1, 0.15) is 47.2 Å². The minimum atomic E-state index is -1.50. The summed E-state index contributed by atoms with van der Waals surface area (Å²) >= 11 is 0. The average Bonchev–Trinajstić information content (AvgIpc) is 3.43. The second-order valence-corrected chi connectivity index (χ2v) is 9.13. The Morgan fingerprint density at radius 2 is 1.59 bits per heavy atom. The molecule has 1 saturated heterocycles. The fourth-order valence-electron chi connectivity index (χ4n) is 5.04. The SMILES string of the molecule is NC(=O)c1cccc(CN=C(N)N2CCN(C(=O)C(O)(c3ccccc3)C3CCCC3)CC2)c1. The van der Waals surface area contributed by atoms with Gasteiger partial charge < -0.3 is 26.4 Å². The molecule has 0 spiro atoms. The molecular formula is C26H33N5O3. The predicted octanol–water partition coefficient (Wildman–Crippen LogP) is 1.82. The molecule has 2 aromatic rings. The van der Waals surface area contributed by atoms with Gasteiger partial charge in [0.25, 0.3) is 5.91 Å². The lowest BCUT2D eigenvalue weighted by molar-refractivity contribution is -0.160. The van der Waals surface area contributed by atoms with Gasteiger partial charge in [0, 0.05) is 37.7 Å². The van der Waals surface area contributed by atoms with Gasteiger partial charge in [-0.3, -0.25) is 9.59 Å². The second kappa shape index (κ2) is 10.3. The number of carbonyl (C=O) groups is 2. The number of hydrogen-bond acceptors (Lipinski definition) is 4. The molecule has 180 valence electrons. The topological polar surface area (TPSA) is 125 Å². The van der Waals surface area contributed by atoms with Gasteiger partial charge in [-0.25, -0.2) is 4.99 Å². The van der Waals surface area contributed by atoms with Crippen LogP contribution >= 0.6 is 0 Å². The first-order chi connectivity index (χ1) is 16.4. The van der Waals surface area contributed by atoms with E-state index in [-0.39, 0.29) is 11.8 Å². The number of aliphatic hydroxyl groups is 1. The number of hydrogen-bond donors (Lipinski definition) is 3. The smallest absolute Gasteiger partial charge is 0.259 e. The Labute approximate surface area is 200 Å². The lowest BCUT2D eigenvalue weighted by Crippen LogP contribution is -2.58. The molecule has 1 unspecified atom stereocenters. The highest BCUT2D eigenvalue weighted by atomic mass is 16.3. The van der Waals surface area contributed by atoms with E-state index in [0.717, 1.165) is 31.2 Å². The van der Waals surface area contributed by atoms with Crippen molar-refractivity contribution in [3.63, 3.8) is 0 Å². The van der Waals surface area contributed by atoms with E-state index < -0.39 is 11.5 Å². The Hall–Kier alpha value is -3.39. The van der Waals surface area contributed by atoms with E-state index in [1.807, 2.05) is 41.3 Å². The lowest BCUT2D eigenvalue weighted by atomic mass is 9.79. The highest BCUT2D eigenvalue weighted by Crippen LogP contribution is 2.42. The van der Waals surface area contributed by atoms with Crippen molar-refractivity contribution in [3.05, 3.63) is 71.3 Å². The molecule has 2 aliphatic rings. The zero-order valence-electron chi connectivity index (χ0n) is 19.4. The molecule has 1 saturated carbocycles. The Morgan fingerprint density at radius 1 is 0.941 bits per heavy atom. The van der Waals surface area contributed by atoms with Crippen molar-refractivity contribution in [2.45, 2.75) is 37.8 Å². The molecular weight excluding hydrogens is 430 g/mol. The van der Waals surface area contributed by atoms with Gasteiger partial charge in [-0.15, -0.1) is 0 Å². The van der Waals surface area contributed by atoms with Gasteiger partial charge in [0.05, 0.1) is 6.54 Å². The molecule has 2 aromatic carbocycles. The summed E-state index contributed by atoms with van der Waals surface area (Å²) in [4.78, 5) is 33.2. The van der Waals surface area contributed by atoms with Crippen molar-refractivity contribution >= 4 is 17.8 Å². The molecule has 4 rings (SSSR count). The Bertz CT molecular complexity index is 1040. The summed E-state index contributed by atoms with van der Waals surface area (Å²) in [6.45, 7) is 2.35. The van der Waals surface area contributed by atoms with E-state index in [0.29, 0.717) is 49.8 Å². The normalized spacial score (nSPS) is 19.1. The molecule has 0 radical (unpaired) electrons. The van der Waals surface area contributed by atoms with Crippen LogP contribution in [0.25, 0.3) is 0 Å². The Morgan fingerprint density at radius 3 is 2.24 bits per heavy atom. The number of rotatable bonds is 6. The summed E-state index contributed by atoms with van der Waals surface area (Å²) in [5.41, 5.74) is 12.0. The molecule has 5 N–H and O–H groups in total. The van der Waals surface area contributed by atoms with Gasteiger partial charge in [-0.1, -0.05) is 55.3 Å². The van der Waals surface area contributed by atoms with Crippen LogP contribution in [0.4, 0.5) is 0 Å². The zero-order chi connectivity index (χ0) is 24.1. The first kappa shape index (κ1) is 23.8. The van der Waals surface area contributed by atoms with Crippen molar-refractivity contribution in [2.24, 2.45) is 22.4 Å². The standard InChI is InChI=1S/C26H33N5O3/c27-23(32)20-8-6-7-19(17-20)18-29-25(28)31-15-13-30(14-16-31)24(33)26(34,22-11-4-5-12-22)21-9-2-1-3-10-21/h1-3,6-10,17,22,34H,4-5,11-16,18H2,(H2,27,32)(H2,28,29). The van der Waals surface area contributed by atoms with E-state index in [1.54, 1.807) is 23.1 Å². The number of nitrogens with two attached hydrogens (primary N) is 2. The molecule has 0 aromatic heterocycles. The number of guanidine groups is 1. The third-order valence-electron chi connectivity index (χ3n) is 7.01. The van der Waals surface area contributed by atoms with E-state index in [9.17, 15) is 14.7 Å². The minimum Gasteiger partial charge on any atom is -0.375 e. The van der Waals surface area contributed by atoms with Crippen molar-refractivity contribution < 1.29 is 14.7 Å². The molecule has 1 aliphatic carbocycles. The van der Waals surface area contributed by atoms with Crippen LogP contribution < -0.4 is 11.5 Å². The third-order valence-corrected chi connectivity index (χ3v) is 7.01. The van der Waals surface area contributed by atoms with Crippen LogP contribution in [-0.4, -0.2) is 58.9 Å². The largest absolute Gasteiger partial charge is 0.375 e. The molecule has 34 heavy (non-hydrogen) atoms. The summed E-state index contributed by atoms with van der Waals surface area (Å²) in [7, 11) is 0. The van der Waals surface area contributed by atoms with Crippen LogP contribution in [0.15, 0.2) is 59.6 Å². The molecule has 1 aliphatic heterocycles. The molecule has 2 fully saturated rings. The Kier molecular flexibility index (Phi) is 7.17. The maximum Gasteiger partial charge on any atom is 0.259 e. The molecule has 1 heterocycles. The summed E-state index contributed by atoms with van der Waals surface area (Å²) in [5, 5.41) is 11.8. The molecule has 8 heteroatoms. The van der Waals surface area contributed by atoms with Crippen LogP contribution in [0.5, 0.6) is 0 Å². The van der Waals surface area contributed by atoms with E-state index >= 15 is 0 Å². The van der Waals surface area contributed by atoms with Gasteiger partial charge in [-0.2, -0.15) is 0 Å². The summed E-state index contributed by atoms with van der Waals surface area (Å²) in [6, 6.07) is 16.4. The van der Waals surface area contributed by atoms with Crippen molar-refractivity contribution in [3.8, 4) is 0 Å². The monoisotopic (exact) mass is 463 g/mol. The van der Waals surface area contributed by atoms with Gasteiger partial charge in [0.1, 0.15) is 0 Å². The number of piperazine rings is 1. The van der Waals surface area contributed by atoms with Gasteiger partial charge in [-0.05, 0) is 36.1 Å². The van der Waals surface area contributed by atoms with Crippen LogP contribution in [0.2, 0.25) is 0 Å². The lowest BCUT2D eigenvalue weighted by Gasteiger charge is -2.41. The molecule has 0 bridgehead atoms. The van der Waals surface area contributed by atoms with Crippen LogP contribution in [-0.2, 0) is 16.9 Å². The van der Waals surface area contributed by atoms with Crippen molar-refractivity contribution in [1.82, 2.24) is 9.80 Å². The molecule has 2 amide bonds. The quantitative estimate of drug-likeness (QED) is 0.445. The number of carbonyl (C=O) groups excluding carboxylic acids is 2. The Balaban J connectivity index is 1.41. The van der Waals surface area contributed by atoms with Gasteiger partial charge >= 0.3 is 0 Å². The summed E-state index contributed by atoms with van der Waals surface area (Å²) in [6.07, 6.45) is 3.79. The summed E-state index contributed by atoms with van der Waals surface area (Å²) in [5.74, 6) is -0.370. The maximum atomic E-state index is 13.6. The predicted molar refractivity (Wildman–Crippen MR) is 131 cm³/mol. The van der Waals surface area contributed by atoms with Crippen molar-refractivity contribution in [2.75, 3.05) is 26.2 Å². The number of aliphatic imine (C=N–C) groups is 1. The van der Waals surface area contributed by atoms with E-state index in [1.165, 1.54) is 0 Å². The molecule has 1 atom stereocenters. The average molecular weight is 464 g/mol. The first-order valence-electron chi connectivity index (χ1n) is 11.9. The fourth-order valence-corrected chi connectivity index (χ4v) is 5.04.